The van der Waals surface area contributed by atoms with Crippen LogP contribution < -0.4 is 0 Å². The van der Waals surface area contributed by atoms with Crippen LogP contribution in [0.15, 0.2) is 0 Å². The van der Waals surface area contributed by atoms with Gasteiger partial charge in [0.25, 0.3) is 0 Å². The van der Waals surface area contributed by atoms with Gasteiger partial charge in [-0.1, -0.05) is 0 Å². The van der Waals surface area contributed by atoms with Crippen molar-refractivity contribution in [2.75, 3.05) is 13.2 Å². The van der Waals surface area contributed by atoms with Crippen LogP contribution in [0, 0.1) is 10.9 Å². The number of nitrogens with zero attached hydrogens (tertiary/aromatic N) is 1. The molecule has 1 aliphatic rings. The summed E-state index contributed by atoms with van der Waals surface area (Å²) in [5.74, 6) is 0.189. The van der Waals surface area contributed by atoms with Gasteiger partial charge < -0.3 is 15.0 Å². The van der Waals surface area contributed by atoms with Crippen molar-refractivity contribution < 1.29 is 9.90 Å². The topological polar surface area (TPSA) is 56.3 Å². The van der Waals surface area contributed by atoms with E-state index in [4.69, 9.17) is 17.3 Å². The molecule has 2 N–H and O–H groups in total. The summed E-state index contributed by atoms with van der Waals surface area (Å²) in [6.45, 7) is 3.02. The predicted octanol–water partition coefficient (Wildman–Crippen LogP) is 2.42. The maximum atomic E-state index is 12.4. The minimum absolute atomic E-state index is 0.189. The lowest BCUT2D eigenvalue weighted by Gasteiger charge is -2.24. The zero-order valence-corrected chi connectivity index (χ0v) is 12.8. The first kappa shape index (κ1) is 14.7. The normalized spacial score (nSPS) is 19.1. The van der Waals surface area contributed by atoms with E-state index in [1.165, 1.54) is 11.3 Å². The van der Waals surface area contributed by atoms with Gasteiger partial charge in [-0.3, -0.25) is 4.79 Å². The number of amides is 1. The van der Waals surface area contributed by atoms with Crippen LogP contribution >= 0.6 is 23.6 Å². The molecule has 19 heavy (non-hydrogen) atoms. The van der Waals surface area contributed by atoms with Crippen molar-refractivity contribution in [2.45, 2.75) is 45.1 Å². The zero-order valence-electron chi connectivity index (χ0n) is 11.1. The molecule has 1 saturated heterocycles. The number of aliphatic hydroxyl groups is 1. The Hall–Kier alpha value is -0.720. The van der Waals surface area contributed by atoms with Crippen LogP contribution in [0.3, 0.4) is 0 Å². The monoisotopic (exact) mass is 300 g/mol. The van der Waals surface area contributed by atoms with Gasteiger partial charge >= 0.3 is 0 Å². The molecule has 0 radical (unpaired) electrons. The fourth-order valence-corrected chi connectivity index (χ4v) is 3.92. The Morgan fingerprint density at radius 1 is 1.63 bits per heavy atom. The summed E-state index contributed by atoms with van der Waals surface area (Å²) < 4.78 is 0.735. The van der Waals surface area contributed by atoms with Crippen LogP contribution in [0.5, 0.6) is 0 Å². The molecule has 1 fully saturated rings. The predicted molar refractivity (Wildman–Crippen MR) is 79.0 cm³/mol. The van der Waals surface area contributed by atoms with Crippen LogP contribution in [0.25, 0.3) is 0 Å². The highest BCUT2D eigenvalue weighted by Gasteiger charge is 2.28. The van der Waals surface area contributed by atoms with Gasteiger partial charge in [0.1, 0.15) is 0 Å². The summed E-state index contributed by atoms with van der Waals surface area (Å²) in [5.41, 5.74) is 1.01. The molecule has 2 heterocycles. The fourth-order valence-electron chi connectivity index (χ4n) is 2.64. The van der Waals surface area contributed by atoms with E-state index in [1.807, 2.05) is 11.8 Å². The Bertz CT molecular complexity index is 495. The second kappa shape index (κ2) is 6.63. The smallest absolute Gasteiger partial charge is 0.228 e. The Morgan fingerprint density at radius 3 is 3.05 bits per heavy atom. The van der Waals surface area contributed by atoms with Crippen LogP contribution in [0.2, 0.25) is 0 Å². The largest absolute Gasteiger partial charge is 0.396 e. The fraction of sp³-hybridized carbons (Fsp3) is 0.692. The molecule has 1 amide bonds. The molecular formula is C13H20N2O2S2. The molecule has 4 nitrogen and oxygen atoms in total. The SMILES string of the molecule is Cc1[nH]c(=S)sc1CC(=O)N1CCCC1CCCO. The van der Waals surface area contributed by atoms with Gasteiger partial charge in [-0.25, -0.2) is 0 Å². The molecule has 1 aliphatic heterocycles. The minimum atomic E-state index is 0.189. The van der Waals surface area contributed by atoms with E-state index in [1.54, 1.807) is 0 Å². The van der Waals surface area contributed by atoms with Gasteiger partial charge in [0.05, 0.1) is 6.42 Å². The Labute approximate surface area is 122 Å². The third kappa shape index (κ3) is 3.64. The molecule has 0 bridgehead atoms. The average Bonchev–Trinajstić information content (AvgIpc) is 2.94. The third-order valence-electron chi connectivity index (χ3n) is 3.63. The highest BCUT2D eigenvalue weighted by Crippen LogP contribution is 2.24. The molecule has 0 aromatic carbocycles. The number of hydrogen-bond donors (Lipinski definition) is 2. The van der Waals surface area contributed by atoms with E-state index in [-0.39, 0.29) is 12.5 Å². The number of aliphatic hydroxyl groups excluding tert-OH is 1. The van der Waals surface area contributed by atoms with Crippen molar-refractivity contribution in [3.63, 3.8) is 0 Å². The van der Waals surface area contributed by atoms with Gasteiger partial charge in [-0.05, 0) is 44.8 Å². The van der Waals surface area contributed by atoms with Gasteiger partial charge in [0.2, 0.25) is 5.91 Å². The van der Waals surface area contributed by atoms with Crippen molar-refractivity contribution in [3.8, 4) is 0 Å². The molecule has 2 rings (SSSR count). The molecular weight excluding hydrogens is 280 g/mol. The lowest BCUT2D eigenvalue weighted by Crippen LogP contribution is -2.36. The molecule has 0 aliphatic carbocycles. The quantitative estimate of drug-likeness (QED) is 0.821. The van der Waals surface area contributed by atoms with Crippen LogP contribution in [-0.4, -0.2) is 40.1 Å². The standard InChI is InChI=1S/C13H20N2O2S2/c1-9-11(19-13(18)14-9)8-12(17)15-6-2-4-10(15)5-3-7-16/h10,16H,2-8H2,1H3,(H,14,18). The lowest BCUT2D eigenvalue weighted by atomic mass is 10.1. The highest BCUT2D eigenvalue weighted by molar-refractivity contribution is 7.73. The molecule has 1 aromatic heterocycles. The number of thiazole rings is 1. The van der Waals surface area contributed by atoms with Crippen LogP contribution in [0.4, 0.5) is 0 Å². The molecule has 1 atom stereocenters. The number of aryl methyl sites for hydroxylation is 1. The number of likely N-dealkylation sites (tertiary alicyclic amines) is 1. The van der Waals surface area contributed by atoms with E-state index < -0.39 is 0 Å². The molecule has 106 valence electrons. The number of aromatic amines is 1. The Morgan fingerprint density at radius 2 is 2.42 bits per heavy atom. The number of rotatable bonds is 5. The second-order valence-corrected chi connectivity index (χ2v) is 6.76. The maximum Gasteiger partial charge on any atom is 0.228 e. The van der Waals surface area contributed by atoms with Gasteiger partial charge in [-0.2, -0.15) is 0 Å². The highest BCUT2D eigenvalue weighted by atomic mass is 32.1. The molecule has 0 saturated carbocycles. The average molecular weight is 300 g/mol. The minimum Gasteiger partial charge on any atom is -0.396 e. The van der Waals surface area contributed by atoms with E-state index in [9.17, 15) is 4.79 Å². The molecule has 6 heteroatoms. The zero-order chi connectivity index (χ0) is 13.8. The number of hydrogen-bond acceptors (Lipinski definition) is 4. The van der Waals surface area contributed by atoms with E-state index in [0.29, 0.717) is 12.5 Å². The second-order valence-electron chi connectivity index (χ2n) is 4.99. The number of aromatic nitrogens is 1. The van der Waals surface area contributed by atoms with Crippen molar-refractivity contribution in [1.82, 2.24) is 9.88 Å². The number of carbonyl (C=O) groups is 1. The summed E-state index contributed by atoms with van der Waals surface area (Å²) in [6, 6.07) is 0.312. The van der Waals surface area contributed by atoms with E-state index >= 15 is 0 Å². The summed E-state index contributed by atoms with van der Waals surface area (Å²) in [6.07, 6.45) is 4.26. The third-order valence-corrected chi connectivity index (χ3v) is 4.96. The summed E-state index contributed by atoms with van der Waals surface area (Å²) in [5, 5.41) is 8.91. The maximum absolute atomic E-state index is 12.4. The number of carbonyl (C=O) groups excluding carboxylic acids is 1. The van der Waals surface area contributed by atoms with Gasteiger partial charge in [-0.15, -0.1) is 11.3 Å². The Kier molecular flexibility index (Phi) is 5.13. The van der Waals surface area contributed by atoms with Crippen molar-refractivity contribution in [3.05, 3.63) is 14.5 Å². The van der Waals surface area contributed by atoms with Crippen LogP contribution in [0.1, 0.15) is 36.3 Å². The van der Waals surface area contributed by atoms with E-state index in [0.717, 1.165) is 46.8 Å². The number of nitrogens with one attached hydrogen (secondary N) is 1. The Balaban J connectivity index is 1.99. The first-order chi connectivity index (χ1) is 9.11. The molecule has 0 spiro atoms. The van der Waals surface area contributed by atoms with Crippen molar-refractivity contribution >= 4 is 29.5 Å². The first-order valence-corrected chi connectivity index (χ1v) is 7.93. The van der Waals surface area contributed by atoms with Crippen molar-refractivity contribution in [2.24, 2.45) is 0 Å². The van der Waals surface area contributed by atoms with Crippen LogP contribution in [-0.2, 0) is 11.2 Å². The summed E-state index contributed by atoms with van der Waals surface area (Å²) in [7, 11) is 0. The lowest BCUT2D eigenvalue weighted by molar-refractivity contribution is -0.131. The van der Waals surface area contributed by atoms with Gasteiger partial charge in [0.15, 0.2) is 3.95 Å². The summed E-state index contributed by atoms with van der Waals surface area (Å²) >= 11 is 6.59. The first-order valence-electron chi connectivity index (χ1n) is 6.70. The van der Waals surface area contributed by atoms with Crippen molar-refractivity contribution in [1.29, 1.82) is 0 Å². The number of H-pyrrole nitrogens is 1. The molecule has 1 aromatic rings. The van der Waals surface area contributed by atoms with Gasteiger partial charge in [0, 0.05) is 29.8 Å². The molecule has 1 unspecified atom stereocenters. The summed E-state index contributed by atoms with van der Waals surface area (Å²) in [4.78, 5) is 18.5. The van der Waals surface area contributed by atoms with E-state index in [2.05, 4.69) is 4.98 Å².